The van der Waals surface area contributed by atoms with Crippen LogP contribution < -0.4 is 4.90 Å². The number of carbonyl (C=O) groups excluding carboxylic acids is 1. The standard InChI is InChI=1S/C19H24N2O2/c1-14-4-6-17(7-5-14)21-15(2)12-18(16(21)3)19(22)13-20-8-10-23-11-9-20/h4-7,12H,8-11,13H2,1-3H3/p+1. The van der Waals surface area contributed by atoms with E-state index in [1.165, 1.54) is 10.5 Å². The van der Waals surface area contributed by atoms with Crippen molar-refractivity contribution in [3.8, 4) is 5.69 Å². The predicted octanol–water partition coefficient (Wildman–Crippen LogP) is 1.50. The van der Waals surface area contributed by atoms with Gasteiger partial charge in [-0.1, -0.05) is 17.7 Å². The Kier molecular flexibility index (Phi) is 4.64. The first-order chi connectivity index (χ1) is 11.1. The topological polar surface area (TPSA) is 35.7 Å². The van der Waals surface area contributed by atoms with Crippen LogP contribution in [0.25, 0.3) is 5.69 Å². The molecule has 0 amide bonds. The van der Waals surface area contributed by atoms with E-state index in [9.17, 15) is 4.79 Å². The lowest BCUT2D eigenvalue weighted by molar-refractivity contribution is -0.899. The number of morpholine rings is 1. The number of benzene rings is 1. The molecule has 1 aromatic carbocycles. The van der Waals surface area contributed by atoms with E-state index < -0.39 is 0 Å². The number of aromatic nitrogens is 1. The largest absolute Gasteiger partial charge is 0.370 e. The zero-order valence-corrected chi connectivity index (χ0v) is 14.2. The van der Waals surface area contributed by atoms with Crippen molar-refractivity contribution in [1.82, 2.24) is 4.57 Å². The molecule has 0 unspecified atom stereocenters. The van der Waals surface area contributed by atoms with Gasteiger partial charge in [0.2, 0.25) is 5.78 Å². The minimum absolute atomic E-state index is 0.230. The van der Waals surface area contributed by atoms with Gasteiger partial charge in [-0.15, -0.1) is 0 Å². The maximum atomic E-state index is 12.7. The number of nitrogens with zero attached hydrogens (tertiary/aromatic N) is 1. The predicted molar refractivity (Wildman–Crippen MR) is 90.7 cm³/mol. The summed E-state index contributed by atoms with van der Waals surface area (Å²) < 4.78 is 7.53. The zero-order valence-electron chi connectivity index (χ0n) is 14.2. The lowest BCUT2D eigenvalue weighted by Crippen LogP contribution is -3.14. The van der Waals surface area contributed by atoms with Crippen molar-refractivity contribution in [3.05, 3.63) is 52.8 Å². The average Bonchev–Trinajstić information content (AvgIpc) is 2.84. The smallest absolute Gasteiger partial charge is 0.218 e. The van der Waals surface area contributed by atoms with E-state index >= 15 is 0 Å². The number of aryl methyl sites for hydroxylation is 2. The fraction of sp³-hybridized carbons (Fsp3) is 0.421. The summed E-state index contributed by atoms with van der Waals surface area (Å²) in [7, 11) is 0. The van der Waals surface area contributed by atoms with E-state index in [1.807, 2.05) is 13.0 Å². The summed E-state index contributed by atoms with van der Waals surface area (Å²) in [5, 5.41) is 0. The van der Waals surface area contributed by atoms with Crippen LogP contribution in [0.1, 0.15) is 27.3 Å². The molecule has 1 aliphatic rings. The van der Waals surface area contributed by atoms with Gasteiger partial charge in [-0.3, -0.25) is 4.79 Å². The van der Waals surface area contributed by atoms with Gasteiger partial charge >= 0.3 is 0 Å². The van der Waals surface area contributed by atoms with Crippen LogP contribution >= 0.6 is 0 Å². The molecule has 23 heavy (non-hydrogen) atoms. The van der Waals surface area contributed by atoms with Crippen molar-refractivity contribution >= 4 is 5.78 Å². The van der Waals surface area contributed by atoms with Crippen molar-refractivity contribution in [2.45, 2.75) is 20.8 Å². The van der Waals surface area contributed by atoms with Crippen molar-refractivity contribution in [1.29, 1.82) is 0 Å². The summed E-state index contributed by atoms with van der Waals surface area (Å²) in [6, 6.07) is 10.5. The summed E-state index contributed by atoms with van der Waals surface area (Å²) >= 11 is 0. The van der Waals surface area contributed by atoms with Crippen LogP contribution in [0.4, 0.5) is 0 Å². The number of hydrogen-bond donors (Lipinski definition) is 1. The average molecular weight is 313 g/mol. The molecule has 3 rings (SSSR count). The van der Waals surface area contributed by atoms with E-state index in [4.69, 9.17) is 4.74 Å². The molecule has 0 radical (unpaired) electrons. The zero-order chi connectivity index (χ0) is 16.4. The van der Waals surface area contributed by atoms with Gasteiger partial charge in [0.1, 0.15) is 19.6 Å². The second-order valence-corrected chi connectivity index (χ2v) is 6.42. The number of nitrogens with one attached hydrogen (secondary N) is 1. The molecular formula is C19H25N2O2+. The molecule has 1 saturated heterocycles. The molecular weight excluding hydrogens is 288 g/mol. The summed E-state index contributed by atoms with van der Waals surface area (Å²) in [6.45, 7) is 10.1. The van der Waals surface area contributed by atoms with Crippen LogP contribution in [0, 0.1) is 20.8 Å². The number of ketones is 1. The summed E-state index contributed by atoms with van der Waals surface area (Å²) in [4.78, 5) is 14.0. The molecule has 1 aliphatic heterocycles. The quantitative estimate of drug-likeness (QED) is 0.869. The van der Waals surface area contributed by atoms with Gasteiger partial charge in [0.15, 0.2) is 0 Å². The monoisotopic (exact) mass is 313 g/mol. The van der Waals surface area contributed by atoms with Crippen LogP contribution in [-0.2, 0) is 4.74 Å². The van der Waals surface area contributed by atoms with E-state index in [2.05, 4.69) is 42.7 Å². The molecule has 1 aromatic heterocycles. The highest BCUT2D eigenvalue weighted by molar-refractivity contribution is 5.98. The Morgan fingerprint density at radius 2 is 1.78 bits per heavy atom. The SMILES string of the molecule is Cc1ccc(-n2c(C)cc(C(=O)C[NH+]3CCOCC3)c2C)cc1. The van der Waals surface area contributed by atoms with Gasteiger partial charge in [-0.25, -0.2) is 0 Å². The Labute approximate surface area is 137 Å². The highest BCUT2D eigenvalue weighted by Crippen LogP contribution is 2.21. The molecule has 2 aromatic rings. The van der Waals surface area contributed by atoms with Gasteiger partial charge in [0.05, 0.1) is 13.2 Å². The Morgan fingerprint density at radius 1 is 1.13 bits per heavy atom. The second-order valence-electron chi connectivity index (χ2n) is 6.42. The van der Waals surface area contributed by atoms with Gasteiger partial charge < -0.3 is 14.2 Å². The fourth-order valence-corrected chi connectivity index (χ4v) is 3.30. The molecule has 122 valence electrons. The molecule has 4 nitrogen and oxygen atoms in total. The molecule has 0 atom stereocenters. The molecule has 4 heteroatoms. The number of carbonyl (C=O) groups is 1. The van der Waals surface area contributed by atoms with Gasteiger partial charge in [0.25, 0.3) is 0 Å². The lowest BCUT2D eigenvalue weighted by Gasteiger charge is -2.22. The maximum absolute atomic E-state index is 12.7. The minimum atomic E-state index is 0.230. The summed E-state index contributed by atoms with van der Waals surface area (Å²) in [5.74, 6) is 0.230. The van der Waals surface area contributed by atoms with E-state index in [1.54, 1.807) is 0 Å². The van der Waals surface area contributed by atoms with E-state index in [-0.39, 0.29) is 5.78 Å². The first-order valence-electron chi connectivity index (χ1n) is 8.27. The van der Waals surface area contributed by atoms with Crippen LogP contribution in [0.2, 0.25) is 0 Å². The van der Waals surface area contributed by atoms with Crippen molar-refractivity contribution < 1.29 is 14.4 Å². The van der Waals surface area contributed by atoms with E-state index in [0.717, 1.165) is 48.9 Å². The number of quaternary nitrogens is 1. The Hall–Kier alpha value is -1.91. The van der Waals surface area contributed by atoms with Crippen molar-refractivity contribution in [3.63, 3.8) is 0 Å². The molecule has 0 spiro atoms. The number of rotatable bonds is 4. The summed E-state index contributed by atoms with van der Waals surface area (Å²) in [5.41, 5.74) is 5.34. The highest BCUT2D eigenvalue weighted by atomic mass is 16.5. The Morgan fingerprint density at radius 3 is 2.43 bits per heavy atom. The van der Waals surface area contributed by atoms with Gasteiger partial charge in [-0.05, 0) is 39.0 Å². The number of ether oxygens (including phenoxy) is 1. The second kappa shape index (κ2) is 6.69. The third-order valence-electron chi connectivity index (χ3n) is 4.63. The first-order valence-corrected chi connectivity index (χ1v) is 8.27. The third-order valence-corrected chi connectivity index (χ3v) is 4.63. The molecule has 2 heterocycles. The maximum Gasteiger partial charge on any atom is 0.218 e. The van der Waals surface area contributed by atoms with E-state index in [0.29, 0.717) is 6.54 Å². The van der Waals surface area contributed by atoms with Crippen LogP contribution in [-0.4, -0.2) is 43.2 Å². The molecule has 0 saturated carbocycles. The molecule has 1 fully saturated rings. The molecule has 0 aliphatic carbocycles. The minimum Gasteiger partial charge on any atom is -0.370 e. The summed E-state index contributed by atoms with van der Waals surface area (Å²) in [6.07, 6.45) is 0. The molecule has 0 bridgehead atoms. The third kappa shape index (κ3) is 3.38. The lowest BCUT2D eigenvalue weighted by atomic mass is 10.1. The van der Waals surface area contributed by atoms with Crippen LogP contribution in [0.15, 0.2) is 30.3 Å². The van der Waals surface area contributed by atoms with Crippen molar-refractivity contribution in [2.75, 3.05) is 32.8 Å². The van der Waals surface area contributed by atoms with Crippen LogP contribution in [0.3, 0.4) is 0 Å². The normalized spacial score (nSPS) is 15.8. The van der Waals surface area contributed by atoms with Gasteiger partial charge in [-0.2, -0.15) is 0 Å². The highest BCUT2D eigenvalue weighted by Gasteiger charge is 2.22. The van der Waals surface area contributed by atoms with Gasteiger partial charge in [0, 0.05) is 22.6 Å². The first kappa shape index (κ1) is 16.0. The fourth-order valence-electron chi connectivity index (χ4n) is 3.30. The van der Waals surface area contributed by atoms with Crippen molar-refractivity contribution in [2.24, 2.45) is 0 Å². The number of hydrogen-bond acceptors (Lipinski definition) is 2. The Bertz CT molecular complexity index is 695. The van der Waals surface area contributed by atoms with Crippen LogP contribution in [0.5, 0.6) is 0 Å². The molecule has 1 N–H and O–H groups in total. The number of Topliss-reactive ketones (excluding diaryl/α,β-unsaturated/α-hetero) is 1. The Balaban J connectivity index is 1.85.